The molecule has 1 aromatic carbocycles. The van der Waals surface area contributed by atoms with Crippen LogP contribution in [0.5, 0.6) is 0 Å². The quantitative estimate of drug-likeness (QED) is 0.644. The Labute approximate surface area is 108 Å². The number of anilines is 1. The van der Waals surface area contributed by atoms with E-state index in [0.717, 1.165) is 5.82 Å². The summed E-state index contributed by atoms with van der Waals surface area (Å²) in [7, 11) is 0. The minimum atomic E-state index is -0.457. The SMILES string of the molecule is O=[N+]([O-])c1cc(Cl)ccc1NCCc1ncc[nH]1. The summed E-state index contributed by atoms with van der Waals surface area (Å²) >= 11 is 5.73. The predicted octanol–water partition coefficient (Wildman–Crippen LogP) is 2.63. The van der Waals surface area contributed by atoms with Crippen molar-refractivity contribution in [2.45, 2.75) is 6.42 Å². The highest BCUT2D eigenvalue weighted by Gasteiger charge is 2.13. The number of benzene rings is 1. The standard InChI is InChI=1S/C11H11ClN4O2/c12-8-1-2-9(10(7-8)16(17)18)13-4-3-11-14-5-6-15-11/h1-2,5-7,13H,3-4H2,(H,14,15). The van der Waals surface area contributed by atoms with Crippen LogP contribution in [0.25, 0.3) is 0 Å². The fourth-order valence-corrected chi connectivity index (χ4v) is 1.72. The van der Waals surface area contributed by atoms with Crippen LogP contribution in [0.2, 0.25) is 5.02 Å². The molecule has 94 valence electrons. The average molecular weight is 267 g/mol. The van der Waals surface area contributed by atoms with Crippen LogP contribution < -0.4 is 5.32 Å². The molecule has 0 aliphatic carbocycles. The third-order valence-electron chi connectivity index (χ3n) is 2.39. The van der Waals surface area contributed by atoms with E-state index in [1.807, 2.05) is 0 Å². The van der Waals surface area contributed by atoms with Gasteiger partial charge in [0.15, 0.2) is 0 Å². The molecule has 2 N–H and O–H groups in total. The van der Waals surface area contributed by atoms with Gasteiger partial charge in [0.25, 0.3) is 5.69 Å². The number of imidazole rings is 1. The number of nitro benzene ring substituents is 1. The second-order valence-corrected chi connectivity index (χ2v) is 4.07. The summed E-state index contributed by atoms with van der Waals surface area (Å²) in [6.07, 6.45) is 4.06. The van der Waals surface area contributed by atoms with Crippen LogP contribution in [0, 0.1) is 10.1 Å². The van der Waals surface area contributed by atoms with Gasteiger partial charge in [-0.1, -0.05) is 11.6 Å². The molecular formula is C11H11ClN4O2. The van der Waals surface area contributed by atoms with Gasteiger partial charge in [0, 0.05) is 36.4 Å². The Morgan fingerprint density at radius 2 is 2.33 bits per heavy atom. The summed E-state index contributed by atoms with van der Waals surface area (Å²) in [6, 6.07) is 4.54. The van der Waals surface area contributed by atoms with E-state index in [2.05, 4.69) is 15.3 Å². The lowest BCUT2D eigenvalue weighted by atomic mass is 10.2. The lowest BCUT2D eigenvalue weighted by molar-refractivity contribution is -0.383. The zero-order valence-electron chi connectivity index (χ0n) is 9.39. The molecule has 0 aliphatic heterocycles. The number of hydrogen-bond donors (Lipinski definition) is 2. The highest BCUT2D eigenvalue weighted by atomic mass is 35.5. The van der Waals surface area contributed by atoms with Gasteiger partial charge in [-0.05, 0) is 12.1 Å². The van der Waals surface area contributed by atoms with Crippen LogP contribution in [0.3, 0.4) is 0 Å². The largest absolute Gasteiger partial charge is 0.379 e. The second-order valence-electron chi connectivity index (χ2n) is 3.63. The number of aromatic nitrogens is 2. The molecule has 18 heavy (non-hydrogen) atoms. The molecule has 2 aromatic rings. The van der Waals surface area contributed by atoms with Gasteiger partial charge in [-0.2, -0.15) is 0 Å². The molecule has 0 aliphatic rings. The van der Waals surface area contributed by atoms with Crippen molar-refractivity contribution in [3.63, 3.8) is 0 Å². The summed E-state index contributed by atoms with van der Waals surface area (Å²) < 4.78 is 0. The third-order valence-corrected chi connectivity index (χ3v) is 2.62. The molecule has 0 saturated heterocycles. The van der Waals surface area contributed by atoms with E-state index >= 15 is 0 Å². The van der Waals surface area contributed by atoms with Crippen LogP contribution in [0.15, 0.2) is 30.6 Å². The first-order valence-electron chi connectivity index (χ1n) is 5.33. The summed E-state index contributed by atoms with van der Waals surface area (Å²) in [5.74, 6) is 0.833. The Kier molecular flexibility index (Phi) is 3.78. The van der Waals surface area contributed by atoms with Gasteiger partial charge in [-0.25, -0.2) is 4.98 Å². The Morgan fingerprint density at radius 1 is 1.50 bits per heavy atom. The number of hydrogen-bond acceptors (Lipinski definition) is 4. The molecule has 7 heteroatoms. The van der Waals surface area contributed by atoms with Crippen molar-refractivity contribution in [1.29, 1.82) is 0 Å². The zero-order valence-corrected chi connectivity index (χ0v) is 10.1. The van der Waals surface area contributed by atoms with E-state index in [4.69, 9.17) is 11.6 Å². The highest BCUT2D eigenvalue weighted by molar-refractivity contribution is 6.30. The molecule has 0 radical (unpaired) electrons. The molecule has 1 heterocycles. The van der Waals surface area contributed by atoms with E-state index in [0.29, 0.717) is 23.7 Å². The van der Waals surface area contributed by atoms with Crippen molar-refractivity contribution in [1.82, 2.24) is 9.97 Å². The average Bonchev–Trinajstić information content (AvgIpc) is 2.84. The first-order chi connectivity index (χ1) is 8.66. The molecule has 0 spiro atoms. The molecule has 2 rings (SSSR count). The number of nitro groups is 1. The van der Waals surface area contributed by atoms with Gasteiger partial charge in [-0.15, -0.1) is 0 Å². The van der Waals surface area contributed by atoms with Crippen LogP contribution >= 0.6 is 11.6 Å². The maximum absolute atomic E-state index is 10.9. The fourth-order valence-electron chi connectivity index (χ4n) is 1.56. The van der Waals surface area contributed by atoms with Gasteiger partial charge in [-0.3, -0.25) is 10.1 Å². The molecular weight excluding hydrogens is 256 g/mol. The number of aromatic amines is 1. The van der Waals surface area contributed by atoms with Crippen LogP contribution in [0.1, 0.15) is 5.82 Å². The smallest absolute Gasteiger partial charge is 0.293 e. The van der Waals surface area contributed by atoms with E-state index in [1.54, 1.807) is 24.5 Å². The van der Waals surface area contributed by atoms with E-state index in [9.17, 15) is 10.1 Å². The topological polar surface area (TPSA) is 83.8 Å². The molecule has 0 atom stereocenters. The van der Waals surface area contributed by atoms with Crippen molar-refractivity contribution < 1.29 is 4.92 Å². The summed E-state index contributed by atoms with van der Waals surface area (Å²) in [6.45, 7) is 0.552. The number of nitrogens with zero attached hydrogens (tertiary/aromatic N) is 2. The minimum Gasteiger partial charge on any atom is -0.379 e. The van der Waals surface area contributed by atoms with Crippen molar-refractivity contribution in [2.75, 3.05) is 11.9 Å². The van der Waals surface area contributed by atoms with Crippen LogP contribution in [0.4, 0.5) is 11.4 Å². The molecule has 0 saturated carbocycles. The Hall–Kier alpha value is -2.08. The molecule has 0 unspecified atom stereocenters. The van der Waals surface area contributed by atoms with Crippen molar-refractivity contribution in [3.05, 3.63) is 51.6 Å². The van der Waals surface area contributed by atoms with Crippen molar-refractivity contribution in [3.8, 4) is 0 Å². The molecule has 6 nitrogen and oxygen atoms in total. The van der Waals surface area contributed by atoms with Crippen LogP contribution in [-0.4, -0.2) is 21.4 Å². The maximum Gasteiger partial charge on any atom is 0.293 e. The number of H-pyrrole nitrogens is 1. The maximum atomic E-state index is 10.9. The fraction of sp³-hybridized carbons (Fsp3) is 0.182. The van der Waals surface area contributed by atoms with Crippen LogP contribution in [-0.2, 0) is 6.42 Å². The van der Waals surface area contributed by atoms with E-state index < -0.39 is 4.92 Å². The lowest BCUT2D eigenvalue weighted by Gasteiger charge is -2.06. The second kappa shape index (κ2) is 5.50. The monoisotopic (exact) mass is 266 g/mol. The molecule has 1 aromatic heterocycles. The Balaban J connectivity index is 2.02. The van der Waals surface area contributed by atoms with Gasteiger partial charge in [0.1, 0.15) is 11.5 Å². The van der Waals surface area contributed by atoms with E-state index in [-0.39, 0.29) is 5.69 Å². The Bertz CT molecular complexity index is 542. The lowest BCUT2D eigenvalue weighted by Crippen LogP contribution is -2.07. The first-order valence-corrected chi connectivity index (χ1v) is 5.70. The molecule has 0 fully saturated rings. The van der Waals surface area contributed by atoms with Gasteiger partial charge in [0.05, 0.1) is 4.92 Å². The summed E-state index contributed by atoms with van der Waals surface area (Å²) in [5, 5.41) is 14.2. The van der Waals surface area contributed by atoms with Crippen molar-refractivity contribution >= 4 is 23.0 Å². The molecule has 0 bridgehead atoms. The summed E-state index contributed by atoms with van der Waals surface area (Å²) in [4.78, 5) is 17.4. The normalized spacial score (nSPS) is 10.3. The predicted molar refractivity (Wildman–Crippen MR) is 68.9 cm³/mol. The first kappa shape index (κ1) is 12.4. The number of nitrogens with one attached hydrogen (secondary N) is 2. The van der Waals surface area contributed by atoms with Gasteiger partial charge >= 0.3 is 0 Å². The number of halogens is 1. The van der Waals surface area contributed by atoms with Gasteiger partial charge in [0.2, 0.25) is 0 Å². The van der Waals surface area contributed by atoms with E-state index in [1.165, 1.54) is 6.07 Å². The van der Waals surface area contributed by atoms with Crippen molar-refractivity contribution in [2.24, 2.45) is 0 Å². The Morgan fingerprint density at radius 3 is 3.00 bits per heavy atom. The third kappa shape index (κ3) is 2.98. The zero-order chi connectivity index (χ0) is 13.0. The molecule has 0 amide bonds. The van der Waals surface area contributed by atoms with Gasteiger partial charge < -0.3 is 10.3 Å². The highest BCUT2D eigenvalue weighted by Crippen LogP contribution is 2.27. The number of rotatable bonds is 5. The minimum absolute atomic E-state index is 0.0260. The summed E-state index contributed by atoms with van der Waals surface area (Å²) in [5.41, 5.74) is 0.429.